The molecular weight excluding hydrogens is 276 g/mol. The van der Waals surface area contributed by atoms with Gasteiger partial charge in [0.2, 0.25) is 0 Å². The Kier molecular flexibility index (Phi) is 5.70. The first-order chi connectivity index (χ1) is 10.6. The normalized spacial score (nSPS) is 40.3. The van der Waals surface area contributed by atoms with E-state index < -0.39 is 0 Å². The molecule has 0 radical (unpaired) electrons. The summed E-state index contributed by atoms with van der Waals surface area (Å²) < 4.78 is 5.14. The highest BCUT2D eigenvalue weighted by Crippen LogP contribution is 2.56. The number of carbonyl (C=O) groups is 1. The van der Waals surface area contributed by atoms with E-state index in [1.165, 1.54) is 38.5 Å². The number of fused-ring (bicyclic) bond motifs is 3. The van der Waals surface area contributed by atoms with Crippen molar-refractivity contribution in [1.82, 2.24) is 0 Å². The first-order valence-electron chi connectivity index (χ1n) is 8.79. The van der Waals surface area contributed by atoms with Crippen LogP contribution in [0.15, 0.2) is 11.6 Å². The molecule has 126 valence electrons. The molecule has 0 aromatic heterocycles. The minimum Gasteiger partial charge on any atom is -0.469 e. The summed E-state index contributed by atoms with van der Waals surface area (Å²) in [6, 6.07) is 0. The molecule has 0 aliphatic heterocycles. The van der Waals surface area contributed by atoms with Crippen LogP contribution in [0, 0.1) is 29.1 Å². The van der Waals surface area contributed by atoms with Crippen molar-refractivity contribution in [3.8, 4) is 0 Å². The van der Waals surface area contributed by atoms with Crippen molar-refractivity contribution in [3.05, 3.63) is 11.6 Å². The van der Waals surface area contributed by atoms with Crippen LogP contribution in [0.4, 0.5) is 0 Å². The Hall–Kier alpha value is -0.830. The summed E-state index contributed by atoms with van der Waals surface area (Å²) in [5, 5.41) is 7.00. The van der Waals surface area contributed by atoms with Gasteiger partial charge in [0.1, 0.15) is 0 Å². The van der Waals surface area contributed by atoms with Crippen molar-refractivity contribution < 1.29 is 14.6 Å². The largest absolute Gasteiger partial charge is 0.469 e. The predicted octanol–water partition coefficient (Wildman–Crippen LogP) is 3.96. The molecule has 3 rings (SSSR count). The molecule has 3 heteroatoms. The first kappa shape index (κ1) is 17.5. The molecule has 2 fully saturated rings. The van der Waals surface area contributed by atoms with E-state index in [0.29, 0.717) is 11.8 Å². The molecule has 3 aliphatic carbocycles. The Morgan fingerprint density at radius 3 is 2.73 bits per heavy atom. The Balaban J connectivity index is 0.000000847. The van der Waals surface area contributed by atoms with E-state index in [-0.39, 0.29) is 11.4 Å². The van der Waals surface area contributed by atoms with Crippen molar-refractivity contribution in [3.63, 3.8) is 0 Å². The van der Waals surface area contributed by atoms with Crippen LogP contribution < -0.4 is 0 Å². The number of aliphatic hydroxyl groups excluding tert-OH is 1. The van der Waals surface area contributed by atoms with E-state index in [4.69, 9.17) is 9.84 Å². The van der Waals surface area contributed by atoms with E-state index in [1.807, 2.05) is 0 Å². The van der Waals surface area contributed by atoms with E-state index in [9.17, 15) is 4.79 Å². The molecular formula is C19H32O3. The van der Waals surface area contributed by atoms with Crippen molar-refractivity contribution in [1.29, 1.82) is 0 Å². The molecule has 0 saturated heterocycles. The van der Waals surface area contributed by atoms with Gasteiger partial charge < -0.3 is 9.84 Å². The van der Waals surface area contributed by atoms with Gasteiger partial charge in [-0.15, -0.1) is 0 Å². The van der Waals surface area contributed by atoms with Gasteiger partial charge in [0, 0.05) is 7.11 Å². The average molecular weight is 308 g/mol. The molecule has 3 nitrogen and oxygen atoms in total. The van der Waals surface area contributed by atoms with Crippen molar-refractivity contribution in [2.45, 2.75) is 58.8 Å². The molecule has 0 aromatic carbocycles. The summed E-state index contributed by atoms with van der Waals surface area (Å²) in [5.41, 5.74) is 1.46. The highest BCUT2D eigenvalue weighted by Gasteiger charge is 2.51. The van der Waals surface area contributed by atoms with Crippen molar-refractivity contribution >= 4 is 5.97 Å². The molecule has 5 atom stereocenters. The number of esters is 1. The number of ether oxygens (including phenoxy) is 1. The zero-order valence-corrected chi connectivity index (χ0v) is 14.6. The maximum Gasteiger partial charge on any atom is 0.311 e. The number of hydrogen-bond acceptors (Lipinski definition) is 3. The minimum absolute atomic E-state index is 0.0235. The summed E-state index contributed by atoms with van der Waals surface area (Å²) >= 11 is 0. The lowest BCUT2D eigenvalue weighted by molar-refractivity contribution is -0.160. The zero-order chi connectivity index (χ0) is 16.3. The first-order valence-corrected chi connectivity index (χ1v) is 8.79. The van der Waals surface area contributed by atoms with E-state index in [1.54, 1.807) is 12.7 Å². The van der Waals surface area contributed by atoms with Gasteiger partial charge in [-0.25, -0.2) is 0 Å². The van der Waals surface area contributed by atoms with E-state index >= 15 is 0 Å². The third-order valence-electron chi connectivity index (χ3n) is 6.34. The summed E-state index contributed by atoms with van der Waals surface area (Å²) in [6.07, 6.45) is 11.1. The second kappa shape index (κ2) is 7.16. The Bertz CT molecular complexity index is 428. The molecule has 0 amide bonds. The summed E-state index contributed by atoms with van der Waals surface area (Å²) in [6.45, 7) is 4.53. The highest BCUT2D eigenvalue weighted by molar-refractivity contribution is 5.77. The summed E-state index contributed by atoms with van der Waals surface area (Å²) in [7, 11) is 2.55. The molecule has 3 aliphatic rings. The molecule has 0 heterocycles. The van der Waals surface area contributed by atoms with Crippen LogP contribution in [0.25, 0.3) is 0 Å². The number of aliphatic hydroxyl groups is 1. The fraction of sp³-hybridized carbons (Fsp3) is 0.842. The van der Waals surface area contributed by atoms with E-state index in [0.717, 1.165) is 25.4 Å². The van der Waals surface area contributed by atoms with Gasteiger partial charge in [0.05, 0.1) is 12.5 Å². The van der Waals surface area contributed by atoms with Crippen molar-refractivity contribution in [2.24, 2.45) is 29.1 Å². The smallest absolute Gasteiger partial charge is 0.311 e. The molecule has 0 aromatic rings. The minimum atomic E-state index is -0.244. The van der Waals surface area contributed by atoms with Gasteiger partial charge in [-0.1, -0.05) is 25.0 Å². The van der Waals surface area contributed by atoms with Gasteiger partial charge >= 0.3 is 5.97 Å². The lowest BCUT2D eigenvalue weighted by Crippen LogP contribution is -2.47. The topological polar surface area (TPSA) is 46.5 Å². The maximum absolute atomic E-state index is 12.3. The average Bonchev–Trinajstić information content (AvgIpc) is 2.55. The molecule has 0 spiro atoms. The molecule has 0 bridgehead atoms. The fourth-order valence-corrected chi connectivity index (χ4v) is 5.27. The summed E-state index contributed by atoms with van der Waals surface area (Å²) in [4.78, 5) is 12.3. The molecule has 2 saturated carbocycles. The van der Waals surface area contributed by atoms with Gasteiger partial charge in [-0.3, -0.25) is 4.79 Å². The van der Waals surface area contributed by atoms with Crippen LogP contribution >= 0.6 is 0 Å². The molecule has 22 heavy (non-hydrogen) atoms. The van der Waals surface area contributed by atoms with Gasteiger partial charge in [0.25, 0.3) is 0 Å². The molecule has 4 unspecified atom stereocenters. The predicted molar refractivity (Wildman–Crippen MR) is 88.3 cm³/mol. The molecule has 1 N–H and O–H groups in total. The monoisotopic (exact) mass is 308 g/mol. The zero-order valence-electron chi connectivity index (χ0n) is 14.6. The standard InChI is InChI=1S/C18H28O2.CH4O/c1-12-6-8-14-13(11-12)7-9-16-15(14)5-4-10-18(16,2)17(19)20-3;1-2/h8,12-13,15-16H,4-7,9-11H2,1-3H3;2H,1H3/t12?,13?,15?,16?,18-;/m1./s1. The fourth-order valence-electron chi connectivity index (χ4n) is 5.27. The van der Waals surface area contributed by atoms with Crippen LogP contribution in [-0.2, 0) is 9.53 Å². The van der Waals surface area contributed by atoms with E-state index in [2.05, 4.69) is 19.9 Å². The number of rotatable bonds is 1. The third-order valence-corrected chi connectivity index (χ3v) is 6.34. The van der Waals surface area contributed by atoms with Crippen LogP contribution in [0.5, 0.6) is 0 Å². The SMILES string of the molecule is CO.COC(=O)[C@]1(C)CCCC2C3=CCC(C)CC3CCC21. The second-order valence-electron chi connectivity index (χ2n) is 7.57. The van der Waals surface area contributed by atoms with Crippen LogP contribution in [-0.4, -0.2) is 25.3 Å². The Morgan fingerprint density at radius 1 is 1.32 bits per heavy atom. The highest BCUT2D eigenvalue weighted by atomic mass is 16.5. The number of hydrogen-bond donors (Lipinski definition) is 1. The van der Waals surface area contributed by atoms with Crippen LogP contribution in [0.1, 0.15) is 58.8 Å². The third kappa shape index (κ3) is 2.97. The number of carbonyl (C=O) groups excluding carboxylic acids is 1. The summed E-state index contributed by atoms with van der Waals surface area (Å²) in [5.74, 6) is 2.84. The van der Waals surface area contributed by atoms with Gasteiger partial charge in [-0.05, 0) is 69.1 Å². The second-order valence-corrected chi connectivity index (χ2v) is 7.57. The maximum atomic E-state index is 12.3. The Morgan fingerprint density at radius 2 is 2.05 bits per heavy atom. The number of allylic oxidation sites excluding steroid dienone is 2. The van der Waals surface area contributed by atoms with Gasteiger partial charge in [-0.2, -0.15) is 0 Å². The quantitative estimate of drug-likeness (QED) is 0.589. The number of methoxy groups -OCH3 is 1. The van der Waals surface area contributed by atoms with Crippen LogP contribution in [0.2, 0.25) is 0 Å². The van der Waals surface area contributed by atoms with Gasteiger partial charge in [0.15, 0.2) is 0 Å². The van der Waals surface area contributed by atoms with Crippen molar-refractivity contribution in [2.75, 3.05) is 14.2 Å². The lowest BCUT2D eigenvalue weighted by Gasteiger charge is -2.51. The lowest BCUT2D eigenvalue weighted by atomic mass is 9.53. The van der Waals surface area contributed by atoms with Crippen LogP contribution in [0.3, 0.4) is 0 Å². The Labute approximate surface area is 135 Å².